The van der Waals surface area contributed by atoms with Crippen LogP contribution in [0, 0.1) is 6.92 Å². The van der Waals surface area contributed by atoms with Gasteiger partial charge in [-0.1, -0.05) is 42.5 Å². The van der Waals surface area contributed by atoms with Crippen LogP contribution in [0.3, 0.4) is 0 Å². The van der Waals surface area contributed by atoms with E-state index in [1.165, 1.54) is 5.56 Å². The first kappa shape index (κ1) is 15.5. The van der Waals surface area contributed by atoms with E-state index in [2.05, 4.69) is 24.4 Å². The molecule has 1 unspecified atom stereocenters. The minimum absolute atomic E-state index is 0.208. The van der Waals surface area contributed by atoms with Crippen LogP contribution in [0.1, 0.15) is 24.1 Å². The van der Waals surface area contributed by atoms with Crippen LogP contribution in [0.5, 0.6) is 5.75 Å². The van der Waals surface area contributed by atoms with Gasteiger partial charge >= 0.3 is 0 Å². The number of hydrogen-bond acceptors (Lipinski definition) is 3. The van der Waals surface area contributed by atoms with E-state index in [0.29, 0.717) is 6.54 Å². The molecule has 0 aromatic heterocycles. The van der Waals surface area contributed by atoms with E-state index < -0.39 is 6.10 Å². The zero-order valence-electron chi connectivity index (χ0n) is 12.6. The van der Waals surface area contributed by atoms with Gasteiger partial charge < -0.3 is 15.2 Å². The normalized spacial score (nSPS) is 13.7. The van der Waals surface area contributed by atoms with Crippen molar-refractivity contribution in [2.45, 2.75) is 26.0 Å². The maximum Gasteiger partial charge on any atom is 0.119 e. The molecule has 0 saturated heterocycles. The molecule has 0 spiro atoms. The lowest BCUT2D eigenvalue weighted by atomic mass is 10.1. The third-order valence-electron chi connectivity index (χ3n) is 3.39. The third-order valence-corrected chi connectivity index (χ3v) is 3.39. The van der Waals surface area contributed by atoms with Crippen LogP contribution in [-0.4, -0.2) is 24.4 Å². The van der Waals surface area contributed by atoms with Gasteiger partial charge in [-0.25, -0.2) is 0 Å². The number of hydrogen-bond donors (Lipinski definition) is 2. The molecule has 2 aromatic rings. The maximum absolute atomic E-state index is 9.99. The van der Waals surface area contributed by atoms with E-state index in [-0.39, 0.29) is 12.6 Å². The van der Waals surface area contributed by atoms with Gasteiger partial charge in [-0.3, -0.25) is 0 Å². The Morgan fingerprint density at radius 1 is 1.10 bits per heavy atom. The first-order valence-corrected chi connectivity index (χ1v) is 7.31. The predicted molar refractivity (Wildman–Crippen MR) is 85.5 cm³/mol. The van der Waals surface area contributed by atoms with Crippen LogP contribution in [0.4, 0.5) is 0 Å². The van der Waals surface area contributed by atoms with Crippen molar-refractivity contribution in [3.63, 3.8) is 0 Å². The van der Waals surface area contributed by atoms with E-state index in [1.54, 1.807) is 0 Å². The van der Waals surface area contributed by atoms with Crippen molar-refractivity contribution in [1.29, 1.82) is 0 Å². The Morgan fingerprint density at radius 3 is 2.57 bits per heavy atom. The van der Waals surface area contributed by atoms with Gasteiger partial charge in [0.15, 0.2) is 0 Å². The van der Waals surface area contributed by atoms with Crippen molar-refractivity contribution in [3.8, 4) is 5.75 Å². The van der Waals surface area contributed by atoms with E-state index in [9.17, 15) is 5.11 Å². The van der Waals surface area contributed by atoms with Crippen LogP contribution < -0.4 is 10.1 Å². The molecule has 2 rings (SSSR count). The lowest BCUT2D eigenvalue weighted by Gasteiger charge is -2.18. The zero-order chi connectivity index (χ0) is 15.1. The van der Waals surface area contributed by atoms with E-state index in [1.807, 2.05) is 49.4 Å². The highest BCUT2D eigenvalue weighted by Gasteiger charge is 2.09. The Kier molecular flexibility index (Phi) is 5.78. The summed E-state index contributed by atoms with van der Waals surface area (Å²) >= 11 is 0. The molecule has 0 fully saturated rings. The molecule has 0 heterocycles. The van der Waals surface area contributed by atoms with Crippen molar-refractivity contribution in [1.82, 2.24) is 5.32 Å². The van der Waals surface area contributed by atoms with Gasteiger partial charge in [0.1, 0.15) is 18.5 Å². The summed E-state index contributed by atoms with van der Waals surface area (Å²) in [6, 6.07) is 18.2. The molecule has 3 nitrogen and oxygen atoms in total. The molecule has 0 radical (unpaired) electrons. The first-order chi connectivity index (χ1) is 10.1. The SMILES string of the molecule is Cc1cccc(OCC(O)CN[C@@H](C)c2ccccc2)c1. The van der Waals surface area contributed by atoms with Crippen LogP contribution in [-0.2, 0) is 0 Å². The summed E-state index contributed by atoms with van der Waals surface area (Å²) in [7, 11) is 0. The van der Waals surface area contributed by atoms with Crippen molar-refractivity contribution < 1.29 is 9.84 Å². The van der Waals surface area contributed by atoms with Gasteiger partial charge in [0, 0.05) is 12.6 Å². The average molecular weight is 285 g/mol. The smallest absolute Gasteiger partial charge is 0.119 e. The number of aryl methyl sites for hydroxylation is 1. The second kappa shape index (κ2) is 7.81. The Labute approximate surface area is 126 Å². The monoisotopic (exact) mass is 285 g/mol. The second-order valence-electron chi connectivity index (χ2n) is 5.32. The van der Waals surface area contributed by atoms with E-state index in [4.69, 9.17) is 4.74 Å². The summed E-state index contributed by atoms with van der Waals surface area (Å²) in [5, 5.41) is 13.3. The molecule has 0 bridgehead atoms. The van der Waals surface area contributed by atoms with Crippen molar-refractivity contribution in [2.75, 3.05) is 13.2 Å². The van der Waals surface area contributed by atoms with Crippen molar-refractivity contribution in [2.24, 2.45) is 0 Å². The fourth-order valence-corrected chi connectivity index (χ4v) is 2.13. The number of nitrogens with one attached hydrogen (secondary N) is 1. The molecule has 0 aliphatic rings. The minimum atomic E-state index is -0.531. The van der Waals surface area contributed by atoms with Crippen LogP contribution in [0.15, 0.2) is 54.6 Å². The molecule has 0 saturated carbocycles. The molecule has 2 aromatic carbocycles. The maximum atomic E-state index is 9.99. The Balaban J connectivity index is 1.73. The number of benzene rings is 2. The zero-order valence-corrected chi connectivity index (χ0v) is 12.6. The fraction of sp³-hybridized carbons (Fsp3) is 0.333. The van der Waals surface area contributed by atoms with Gasteiger partial charge in [0.25, 0.3) is 0 Å². The summed E-state index contributed by atoms with van der Waals surface area (Å²) < 4.78 is 5.60. The lowest BCUT2D eigenvalue weighted by Crippen LogP contribution is -2.33. The highest BCUT2D eigenvalue weighted by molar-refractivity contribution is 5.27. The Morgan fingerprint density at radius 2 is 1.86 bits per heavy atom. The molecule has 2 N–H and O–H groups in total. The second-order valence-corrected chi connectivity index (χ2v) is 5.32. The standard InChI is InChI=1S/C18H23NO2/c1-14-7-6-10-18(11-14)21-13-17(20)12-19-15(2)16-8-4-3-5-9-16/h3-11,15,17,19-20H,12-13H2,1-2H3/t15-,17?/m0/s1. The van der Waals surface area contributed by atoms with E-state index >= 15 is 0 Å². The number of aliphatic hydroxyl groups is 1. The van der Waals surface area contributed by atoms with Gasteiger partial charge in [0.05, 0.1) is 0 Å². The predicted octanol–water partition coefficient (Wildman–Crippen LogP) is 3.09. The number of aliphatic hydroxyl groups excluding tert-OH is 1. The summed E-state index contributed by atoms with van der Waals surface area (Å²) in [5.74, 6) is 0.796. The van der Waals surface area contributed by atoms with Gasteiger partial charge in [-0.2, -0.15) is 0 Å². The van der Waals surface area contributed by atoms with Crippen molar-refractivity contribution in [3.05, 3.63) is 65.7 Å². The van der Waals surface area contributed by atoms with Crippen molar-refractivity contribution >= 4 is 0 Å². The molecule has 2 atom stereocenters. The topological polar surface area (TPSA) is 41.5 Å². The molecule has 3 heteroatoms. The lowest BCUT2D eigenvalue weighted by molar-refractivity contribution is 0.104. The van der Waals surface area contributed by atoms with Gasteiger partial charge in [-0.15, -0.1) is 0 Å². The molecule has 0 aliphatic heterocycles. The molecular weight excluding hydrogens is 262 g/mol. The summed E-state index contributed by atoms with van der Waals surface area (Å²) in [4.78, 5) is 0. The first-order valence-electron chi connectivity index (χ1n) is 7.31. The minimum Gasteiger partial charge on any atom is -0.491 e. The van der Waals surface area contributed by atoms with Crippen LogP contribution in [0.25, 0.3) is 0 Å². The third kappa shape index (κ3) is 5.21. The van der Waals surface area contributed by atoms with Gasteiger partial charge in [-0.05, 0) is 37.1 Å². The number of ether oxygens (including phenoxy) is 1. The fourth-order valence-electron chi connectivity index (χ4n) is 2.13. The highest BCUT2D eigenvalue weighted by atomic mass is 16.5. The van der Waals surface area contributed by atoms with Gasteiger partial charge in [0.2, 0.25) is 0 Å². The molecule has 0 amide bonds. The molecule has 112 valence electrons. The summed E-state index contributed by atoms with van der Waals surface area (Å²) in [5.41, 5.74) is 2.36. The van der Waals surface area contributed by atoms with Crippen LogP contribution >= 0.6 is 0 Å². The summed E-state index contributed by atoms with van der Waals surface area (Å²) in [6.45, 7) is 4.90. The molecular formula is C18H23NO2. The Bertz CT molecular complexity index is 542. The average Bonchev–Trinajstić information content (AvgIpc) is 2.51. The number of rotatable bonds is 7. The Hall–Kier alpha value is -1.84. The molecule has 0 aliphatic carbocycles. The highest BCUT2D eigenvalue weighted by Crippen LogP contribution is 2.13. The largest absolute Gasteiger partial charge is 0.491 e. The molecule has 21 heavy (non-hydrogen) atoms. The van der Waals surface area contributed by atoms with E-state index in [0.717, 1.165) is 11.3 Å². The summed E-state index contributed by atoms with van der Waals surface area (Å²) in [6.07, 6.45) is -0.531. The quantitative estimate of drug-likeness (QED) is 0.821. The van der Waals surface area contributed by atoms with Crippen LogP contribution in [0.2, 0.25) is 0 Å².